The molecule has 1 aliphatic heterocycles. The maximum atomic E-state index is 11.5. The molecule has 0 aromatic heterocycles. The molecular formula is C13H25NO2S. The van der Waals surface area contributed by atoms with Gasteiger partial charge in [-0.2, -0.15) is 0 Å². The van der Waals surface area contributed by atoms with Crippen LogP contribution in [0.4, 0.5) is 0 Å². The summed E-state index contributed by atoms with van der Waals surface area (Å²) in [6.45, 7) is 1.00. The summed E-state index contributed by atoms with van der Waals surface area (Å²) in [5.74, 6) is 1.64. The van der Waals surface area contributed by atoms with Crippen molar-refractivity contribution in [3.63, 3.8) is 0 Å². The molecule has 3 nitrogen and oxygen atoms in total. The third kappa shape index (κ3) is 4.59. The zero-order chi connectivity index (χ0) is 12.1. The predicted molar refractivity (Wildman–Crippen MR) is 70.9 cm³/mol. The second-order valence-corrected chi connectivity index (χ2v) is 7.93. The zero-order valence-corrected chi connectivity index (χ0v) is 11.5. The lowest BCUT2D eigenvalue weighted by molar-refractivity contribution is 0.326. The third-order valence-corrected chi connectivity index (χ3v) is 5.99. The average Bonchev–Trinajstić information content (AvgIpc) is 2.29. The fourth-order valence-electron chi connectivity index (χ4n) is 3.15. The quantitative estimate of drug-likeness (QED) is 0.841. The van der Waals surface area contributed by atoms with E-state index in [9.17, 15) is 8.42 Å². The molecule has 1 aliphatic carbocycles. The molecule has 0 spiro atoms. The highest BCUT2D eigenvalue weighted by atomic mass is 32.2. The molecule has 1 saturated carbocycles. The molecule has 1 unspecified atom stereocenters. The van der Waals surface area contributed by atoms with Crippen LogP contribution in [0.5, 0.6) is 0 Å². The molecule has 1 atom stereocenters. The third-order valence-electron chi connectivity index (χ3n) is 4.17. The molecular weight excluding hydrogens is 234 g/mol. The van der Waals surface area contributed by atoms with Gasteiger partial charge in [-0.05, 0) is 31.7 Å². The molecule has 1 saturated heterocycles. The van der Waals surface area contributed by atoms with Crippen molar-refractivity contribution >= 4 is 9.84 Å². The molecule has 0 radical (unpaired) electrons. The average molecular weight is 259 g/mol. The summed E-state index contributed by atoms with van der Waals surface area (Å²) in [5.41, 5.74) is 0. The lowest BCUT2D eigenvalue weighted by Crippen LogP contribution is -2.40. The van der Waals surface area contributed by atoms with Gasteiger partial charge in [-0.25, -0.2) is 8.42 Å². The minimum Gasteiger partial charge on any atom is -0.313 e. The van der Waals surface area contributed by atoms with E-state index in [4.69, 9.17) is 0 Å². The van der Waals surface area contributed by atoms with Gasteiger partial charge in [0.2, 0.25) is 0 Å². The van der Waals surface area contributed by atoms with Crippen molar-refractivity contribution in [1.29, 1.82) is 0 Å². The number of sulfone groups is 1. The molecule has 0 aromatic carbocycles. The second kappa shape index (κ2) is 6.19. The lowest BCUT2D eigenvalue weighted by atomic mass is 9.87. The van der Waals surface area contributed by atoms with Crippen LogP contribution in [-0.2, 0) is 9.84 Å². The van der Waals surface area contributed by atoms with Gasteiger partial charge in [-0.3, -0.25) is 0 Å². The van der Waals surface area contributed by atoms with Crippen molar-refractivity contribution in [2.45, 2.75) is 57.4 Å². The van der Waals surface area contributed by atoms with E-state index in [0.717, 1.165) is 25.3 Å². The van der Waals surface area contributed by atoms with Crippen molar-refractivity contribution < 1.29 is 8.42 Å². The Bertz CT molecular complexity index is 320. The van der Waals surface area contributed by atoms with Crippen LogP contribution >= 0.6 is 0 Å². The van der Waals surface area contributed by atoms with Gasteiger partial charge in [0.1, 0.15) is 0 Å². The Morgan fingerprint density at radius 1 is 1.00 bits per heavy atom. The molecule has 1 heterocycles. The Kier molecular flexibility index (Phi) is 4.86. The highest BCUT2D eigenvalue weighted by molar-refractivity contribution is 7.91. The zero-order valence-electron chi connectivity index (χ0n) is 10.7. The summed E-state index contributed by atoms with van der Waals surface area (Å²) in [6, 6.07) is 0.220. The summed E-state index contributed by atoms with van der Waals surface area (Å²) >= 11 is 0. The van der Waals surface area contributed by atoms with Gasteiger partial charge >= 0.3 is 0 Å². The van der Waals surface area contributed by atoms with E-state index in [2.05, 4.69) is 5.32 Å². The Balaban J connectivity index is 1.64. The van der Waals surface area contributed by atoms with Crippen LogP contribution in [0.25, 0.3) is 0 Å². The van der Waals surface area contributed by atoms with Crippen LogP contribution in [-0.4, -0.2) is 32.5 Å². The minimum atomic E-state index is -2.75. The van der Waals surface area contributed by atoms with Gasteiger partial charge < -0.3 is 5.32 Å². The van der Waals surface area contributed by atoms with E-state index < -0.39 is 9.84 Å². The minimum absolute atomic E-state index is 0.220. The van der Waals surface area contributed by atoms with Crippen molar-refractivity contribution in [2.24, 2.45) is 5.92 Å². The van der Waals surface area contributed by atoms with Crippen LogP contribution in [0.15, 0.2) is 0 Å². The van der Waals surface area contributed by atoms with Crippen LogP contribution in [0.3, 0.4) is 0 Å². The number of rotatable bonds is 4. The van der Waals surface area contributed by atoms with Gasteiger partial charge in [0.25, 0.3) is 0 Å². The summed E-state index contributed by atoms with van der Waals surface area (Å²) in [7, 11) is -2.75. The Morgan fingerprint density at radius 3 is 2.47 bits per heavy atom. The van der Waals surface area contributed by atoms with Gasteiger partial charge in [0.15, 0.2) is 9.84 Å². The van der Waals surface area contributed by atoms with Crippen molar-refractivity contribution in [2.75, 3.05) is 18.1 Å². The first-order valence-corrected chi connectivity index (χ1v) is 8.92. The molecule has 17 heavy (non-hydrogen) atoms. The predicted octanol–water partition coefficient (Wildman–Crippen LogP) is 2.12. The van der Waals surface area contributed by atoms with Gasteiger partial charge in [-0.15, -0.1) is 0 Å². The van der Waals surface area contributed by atoms with Crippen molar-refractivity contribution in [1.82, 2.24) is 5.32 Å². The summed E-state index contributed by atoms with van der Waals surface area (Å²) in [6.07, 6.45) is 10.1. The molecule has 2 rings (SSSR count). The molecule has 100 valence electrons. The highest BCUT2D eigenvalue weighted by Crippen LogP contribution is 2.25. The first-order chi connectivity index (χ1) is 8.16. The second-order valence-electron chi connectivity index (χ2n) is 5.70. The fraction of sp³-hybridized carbons (Fsp3) is 1.00. The number of hydrogen-bond donors (Lipinski definition) is 1. The largest absolute Gasteiger partial charge is 0.313 e. The maximum absolute atomic E-state index is 11.5. The maximum Gasteiger partial charge on any atom is 0.151 e. The van der Waals surface area contributed by atoms with E-state index in [1.165, 1.54) is 38.5 Å². The Hall–Kier alpha value is -0.0900. The molecule has 1 N–H and O–H groups in total. The fourth-order valence-corrected chi connectivity index (χ4v) is 4.82. The van der Waals surface area contributed by atoms with E-state index >= 15 is 0 Å². The monoisotopic (exact) mass is 259 g/mol. The van der Waals surface area contributed by atoms with Crippen molar-refractivity contribution in [3.05, 3.63) is 0 Å². The van der Waals surface area contributed by atoms with Gasteiger partial charge in [-0.1, -0.05) is 32.1 Å². The summed E-state index contributed by atoms with van der Waals surface area (Å²) in [4.78, 5) is 0. The molecule has 4 heteroatoms. The topological polar surface area (TPSA) is 46.2 Å². The van der Waals surface area contributed by atoms with E-state index in [1.807, 2.05) is 0 Å². The first-order valence-electron chi connectivity index (χ1n) is 7.09. The SMILES string of the molecule is O=S1(=O)CCCC(NCCC2CCCCC2)C1. The van der Waals surface area contributed by atoms with Crippen LogP contribution in [0.2, 0.25) is 0 Å². The molecule has 2 aliphatic rings. The Morgan fingerprint density at radius 2 is 1.76 bits per heavy atom. The molecule has 0 amide bonds. The van der Waals surface area contributed by atoms with Crippen LogP contribution < -0.4 is 5.32 Å². The van der Waals surface area contributed by atoms with Gasteiger partial charge in [0.05, 0.1) is 11.5 Å². The van der Waals surface area contributed by atoms with E-state index in [1.54, 1.807) is 0 Å². The van der Waals surface area contributed by atoms with Gasteiger partial charge in [0, 0.05) is 6.04 Å². The molecule has 0 bridgehead atoms. The van der Waals surface area contributed by atoms with Crippen LogP contribution in [0, 0.1) is 5.92 Å². The lowest BCUT2D eigenvalue weighted by Gasteiger charge is -2.25. The number of hydrogen-bond acceptors (Lipinski definition) is 3. The van der Waals surface area contributed by atoms with Crippen molar-refractivity contribution in [3.8, 4) is 0 Å². The number of nitrogens with one attached hydrogen (secondary N) is 1. The smallest absolute Gasteiger partial charge is 0.151 e. The summed E-state index contributed by atoms with van der Waals surface area (Å²) in [5, 5.41) is 3.45. The summed E-state index contributed by atoms with van der Waals surface area (Å²) < 4.78 is 23.0. The standard InChI is InChI=1S/C13H25NO2S/c15-17(16)10-4-7-13(11-17)14-9-8-12-5-2-1-3-6-12/h12-14H,1-11H2. The van der Waals surface area contributed by atoms with E-state index in [0.29, 0.717) is 11.5 Å². The molecule has 2 fully saturated rings. The normalized spacial score (nSPS) is 30.2. The van der Waals surface area contributed by atoms with E-state index in [-0.39, 0.29) is 6.04 Å². The van der Waals surface area contributed by atoms with Crippen LogP contribution in [0.1, 0.15) is 51.4 Å². The molecule has 0 aromatic rings. The first kappa shape index (κ1) is 13.3. The Labute approximate surface area is 105 Å². The highest BCUT2D eigenvalue weighted by Gasteiger charge is 2.24.